The smallest absolute Gasteiger partial charge is 0.171 e. The highest BCUT2D eigenvalue weighted by Gasteiger charge is 2.28. The Morgan fingerprint density at radius 2 is 2.20 bits per heavy atom. The molecule has 6 heteroatoms. The molecule has 0 spiro atoms. The van der Waals surface area contributed by atoms with Crippen molar-refractivity contribution in [3.05, 3.63) is 96.7 Å². The highest BCUT2D eigenvalue weighted by Crippen LogP contribution is 2.29. The summed E-state index contributed by atoms with van der Waals surface area (Å²) < 4.78 is 7.67. The molecule has 3 heterocycles. The molecule has 182 valence electrons. The number of methoxy groups -OCH3 is 1. The van der Waals surface area contributed by atoms with Crippen LogP contribution in [0.5, 0.6) is 5.75 Å². The number of ether oxygens (including phenoxy) is 1. The molecule has 4 rings (SSSR count). The number of oxime groups is 1. The van der Waals surface area contributed by atoms with Gasteiger partial charge in [-0.2, -0.15) is 0 Å². The summed E-state index contributed by atoms with van der Waals surface area (Å²) in [6, 6.07) is 6.23. The Labute approximate surface area is 208 Å². The van der Waals surface area contributed by atoms with Gasteiger partial charge >= 0.3 is 0 Å². The van der Waals surface area contributed by atoms with Gasteiger partial charge in [-0.05, 0) is 61.1 Å². The number of amidine groups is 1. The van der Waals surface area contributed by atoms with Gasteiger partial charge in [0, 0.05) is 25.2 Å². The van der Waals surface area contributed by atoms with Crippen molar-refractivity contribution in [3.63, 3.8) is 0 Å². The summed E-state index contributed by atoms with van der Waals surface area (Å²) in [5.74, 6) is 1.93. The van der Waals surface area contributed by atoms with Gasteiger partial charge in [-0.15, -0.1) is 0 Å². The van der Waals surface area contributed by atoms with Gasteiger partial charge in [-0.25, -0.2) is 4.98 Å². The van der Waals surface area contributed by atoms with Crippen molar-refractivity contribution in [2.45, 2.75) is 26.2 Å². The summed E-state index contributed by atoms with van der Waals surface area (Å²) in [5, 5.41) is 4.53. The molecule has 1 unspecified atom stereocenters. The fourth-order valence-electron chi connectivity index (χ4n) is 4.40. The zero-order valence-electron chi connectivity index (χ0n) is 20.7. The molecule has 1 saturated heterocycles. The molecule has 0 amide bonds. The van der Waals surface area contributed by atoms with Crippen LogP contribution in [0.3, 0.4) is 0 Å². The number of rotatable bonds is 8. The van der Waals surface area contributed by atoms with Crippen LogP contribution in [-0.4, -0.2) is 47.1 Å². The van der Waals surface area contributed by atoms with E-state index in [1.54, 1.807) is 19.5 Å². The number of imidazole rings is 1. The molecule has 1 atom stereocenters. The Morgan fingerprint density at radius 1 is 1.31 bits per heavy atom. The predicted molar refractivity (Wildman–Crippen MR) is 143 cm³/mol. The van der Waals surface area contributed by atoms with Gasteiger partial charge in [0.1, 0.15) is 12.4 Å². The number of hydrogen-bond acceptors (Lipinski definition) is 5. The summed E-state index contributed by atoms with van der Waals surface area (Å²) in [7, 11) is 1.70. The van der Waals surface area contributed by atoms with Crippen LogP contribution in [0.15, 0.2) is 90.6 Å². The van der Waals surface area contributed by atoms with E-state index in [0.717, 1.165) is 66.5 Å². The van der Waals surface area contributed by atoms with Crippen LogP contribution in [0.1, 0.15) is 30.5 Å². The van der Waals surface area contributed by atoms with E-state index >= 15 is 0 Å². The zero-order valence-corrected chi connectivity index (χ0v) is 20.7. The van der Waals surface area contributed by atoms with Crippen LogP contribution < -0.4 is 4.74 Å². The zero-order chi connectivity index (χ0) is 24.6. The lowest BCUT2D eigenvalue weighted by Crippen LogP contribution is -2.39. The number of allylic oxidation sites excluding steroid dienone is 5. The molecule has 0 N–H and O–H groups in total. The Bertz CT molecular complexity index is 1190. The number of benzene rings is 1. The molecule has 0 radical (unpaired) electrons. The largest absolute Gasteiger partial charge is 0.495 e. The molecule has 1 fully saturated rings. The summed E-state index contributed by atoms with van der Waals surface area (Å²) in [5.41, 5.74) is 5.25. The highest BCUT2D eigenvalue weighted by molar-refractivity contribution is 6.02. The van der Waals surface area contributed by atoms with Crippen LogP contribution in [0, 0.1) is 12.8 Å². The first-order valence-electron chi connectivity index (χ1n) is 12.1. The third-order valence-electron chi connectivity index (χ3n) is 6.26. The Kier molecular flexibility index (Phi) is 8.03. The summed E-state index contributed by atoms with van der Waals surface area (Å²) in [6.07, 6.45) is 18.9. The van der Waals surface area contributed by atoms with Crippen LogP contribution >= 0.6 is 0 Å². The standard InChI is InChI=1S/C29H34N4O2/c1-5-6-7-8-9-11-22(2)26-19-32-15-10-12-25(29(32)31-35-20-26)16-24-13-14-27(28(17-24)34-4)33-18-23(3)30-21-33/h5-7,9,11,13-14,16-18,21,26H,1-2,8,10,12,15,19-20H2,3-4H3/b7-6-,11-9-,25-16+. The van der Waals surface area contributed by atoms with Crippen LogP contribution in [0.2, 0.25) is 0 Å². The van der Waals surface area contributed by atoms with Gasteiger partial charge in [0.05, 0.1) is 24.8 Å². The van der Waals surface area contributed by atoms with Crippen molar-refractivity contribution in [1.29, 1.82) is 0 Å². The molecular formula is C29H34N4O2. The Balaban J connectivity index is 1.50. The first-order valence-corrected chi connectivity index (χ1v) is 12.1. The average Bonchev–Trinajstić information content (AvgIpc) is 3.17. The Morgan fingerprint density at radius 3 is 2.97 bits per heavy atom. The quantitative estimate of drug-likeness (QED) is 0.453. The van der Waals surface area contributed by atoms with E-state index < -0.39 is 0 Å². The lowest BCUT2D eigenvalue weighted by Gasteiger charge is -2.32. The second-order valence-electron chi connectivity index (χ2n) is 8.86. The second kappa shape index (κ2) is 11.6. The van der Waals surface area contributed by atoms with Crippen molar-refractivity contribution in [2.24, 2.45) is 11.1 Å². The maximum Gasteiger partial charge on any atom is 0.171 e. The molecule has 2 aliphatic rings. The summed E-state index contributed by atoms with van der Waals surface area (Å²) in [4.78, 5) is 12.4. The van der Waals surface area contributed by atoms with E-state index in [1.165, 1.54) is 5.57 Å². The number of fused-ring (bicyclic) bond motifs is 1. The molecule has 0 aliphatic carbocycles. The van der Waals surface area contributed by atoms with Crippen molar-refractivity contribution in [2.75, 3.05) is 26.8 Å². The first-order chi connectivity index (χ1) is 17.1. The number of piperidine rings is 1. The molecular weight excluding hydrogens is 436 g/mol. The third kappa shape index (κ3) is 6.01. The average molecular weight is 471 g/mol. The van der Waals surface area contributed by atoms with Gasteiger partial charge in [0.25, 0.3) is 0 Å². The molecule has 0 saturated carbocycles. The van der Waals surface area contributed by atoms with Crippen LogP contribution in [0.25, 0.3) is 11.8 Å². The SMILES string of the molecule is C=C/C=C\C/C=C\C(=C)C1CON=C2/C(=C/c3ccc(-n4cnc(C)c4)c(OC)c3)CCCN2C1. The molecule has 0 bridgehead atoms. The summed E-state index contributed by atoms with van der Waals surface area (Å²) in [6.45, 7) is 12.3. The van der Waals surface area contributed by atoms with E-state index in [2.05, 4.69) is 70.7 Å². The molecule has 1 aromatic heterocycles. The first kappa shape index (κ1) is 24.3. The molecule has 35 heavy (non-hydrogen) atoms. The van der Waals surface area contributed by atoms with Crippen molar-refractivity contribution in [3.8, 4) is 11.4 Å². The van der Waals surface area contributed by atoms with E-state index in [-0.39, 0.29) is 5.92 Å². The van der Waals surface area contributed by atoms with Crippen molar-refractivity contribution >= 4 is 11.9 Å². The van der Waals surface area contributed by atoms with E-state index in [9.17, 15) is 0 Å². The minimum Gasteiger partial charge on any atom is -0.495 e. The van der Waals surface area contributed by atoms with Gasteiger partial charge < -0.3 is 19.0 Å². The van der Waals surface area contributed by atoms with E-state index in [4.69, 9.17) is 9.57 Å². The molecule has 6 nitrogen and oxygen atoms in total. The lowest BCUT2D eigenvalue weighted by molar-refractivity contribution is 0.125. The van der Waals surface area contributed by atoms with Gasteiger partial charge in [0.15, 0.2) is 5.84 Å². The minimum absolute atomic E-state index is 0.202. The van der Waals surface area contributed by atoms with Gasteiger partial charge in [0.2, 0.25) is 0 Å². The number of aromatic nitrogens is 2. The normalized spacial score (nSPS) is 19.4. The second-order valence-corrected chi connectivity index (χ2v) is 8.86. The van der Waals surface area contributed by atoms with Gasteiger partial charge in [-0.1, -0.05) is 54.8 Å². The highest BCUT2D eigenvalue weighted by atomic mass is 16.6. The Hall–Kier alpha value is -3.80. The fraction of sp³-hybridized carbons (Fsp3) is 0.310. The van der Waals surface area contributed by atoms with Crippen molar-refractivity contribution < 1.29 is 9.57 Å². The summed E-state index contributed by atoms with van der Waals surface area (Å²) >= 11 is 0. The predicted octanol–water partition coefficient (Wildman–Crippen LogP) is 5.87. The minimum atomic E-state index is 0.202. The molecule has 2 aliphatic heterocycles. The van der Waals surface area contributed by atoms with Crippen LogP contribution in [-0.2, 0) is 4.84 Å². The van der Waals surface area contributed by atoms with Gasteiger partial charge in [-0.3, -0.25) is 0 Å². The number of nitrogens with zero attached hydrogens (tertiary/aromatic N) is 4. The maximum absolute atomic E-state index is 5.78. The molecule has 1 aromatic carbocycles. The topological polar surface area (TPSA) is 51.9 Å². The number of hydrogen-bond donors (Lipinski definition) is 0. The lowest BCUT2D eigenvalue weighted by atomic mass is 9.96. The monoisotopic (exact) mass is 470 g/mol. The van der Waals surface area contributed by atoms with Crippen molar-refractivity contribution in [1.82, 2.24) is 14.5 Å². The third-order valence-corrected chi connectivity index (χ3v) is 6.26. The van der Waals surface area contributed by atoms with Crippen LogP contribution in [0.4, 0.5) is 0 Å². The molecule has 2 aromatic rings. The van der Waals surface area contributed by atoms with E-state index in [1.807, 2.05) is 23.8 Å². The van der Waals surface area contributed by atoms with E-state index in [0.29, 0.717) is 6.61 Å². The number of aryl methyl sites for hydroxylation is 1. The fourth-order valence-corrected chi connectivity index (χ4v) is 4.40. The maximum atomic E-state index is 5.78.